The maximum Gasteiger partial charge on any atom is 0.151 e. The molecule has 0 radical (unpaired) electrons. The van der Waals surface area contributed by atoms with E-state index in [0.29, 0.717) is 13.1 Å². The van der Waals surface area contributed by atoms with Crippen LogP contribution in [0.1, 0.15) is 6.92 Å². The molecule has 2 aliphatic heterocycles. The molecular weight excluding hydrogens is 202 g/mol. The summed E-state index contributed by atoms with van der Waals surface area (Å²) in [6.07, 6.45) is 0. The van der Waals surface area contributed by atoms with Gasteiger partial charge in [-0.2, -0.15) is 0 Å². The van der Waals surface area contributed by atoms with Gasteiger partial charge < -0.3 is 4.90 Å². The van der Waals surface area contributed by atoms with Gasteiger partial charge >= 0.3 is 0 Å². The molecule has 2 saturated heterocycles. The quantitative estimate of drug-likeness (QED) is 0.597. The first-order valence-corrected chi connectivity index (χ1v) is 6.80. The van der Waals surface area contributed by atoms with Crippen LogP contribution in [0.25, 0.3) is 0 Å². The molecule has 0 spiro atoms. The third kappa shape index (κ3) is 1.70. The normalized spacial score (nSPS) is 37.1. The van der Waals surface area contributed by atoms with E-state index >= 15 is 0 Å². The van der Waals surface area contributed by atoms with E-state index in [0.717, 1.165) is 6.54 Å². The number of rotatable bonds is 1. The van der Waals surface area contributed by atoms with E-state index in [2.05, 4.69) is 4.90 Å². The van der Waals surface area contributed by atoms with Crippen molar-refractivity contribution in [2.45, 2.75) is 6.92 Å². The molecule has 4 nitrogen and oxygen atoms in total. The van der Waals surface area contributed by atoms with Gasteiger partial charge in [0.2, 0.25) is 0 Å². The molecule has 2 atom stereocenters. The zero-order valence-electron chi connectivity index (χ0n) is 8.27. The highest BCUT2D eigenvalue weighted by molar-refractivity contribution is 7.91. The van der Waals surface area contributed by atoms with Crippen LogP contribution < -0.4 is 0 Å². The van der Waals surface area contributed by atoms with Crippen LogP contribution in [0.3, 0.4) is 0 Å². The number of Topliss-reactive ketones (excluding diaryl/α,β-unsaturated/α-hetero) is 1. The van der Waals surface area contributed by atoms with Gasteiger partial charge in [0.15, 0.2) is 9.84 Å². The average Bonchev–Trinajstić information content (AvgIpc) is 2.07. The topological polar surface area (TPSA) is 54.5 Å². The summed E-state index contributed by atoms with van der Waals surface area (Å²) in [5.41, 5.74) is 0. The molecule has 2 rings (SSSR count). The number of likely N-dealkylation sites (tertiary alicyclic amines) is 1. The Balaban J connectivity index is 2.22. The minimum atomic E-state index is -2.95. The molecule has 2 aliphatic rings. The molecule has 0 aromatic rings. The number of piperidine rings is 1. The Labute approximate surface area is 84.2 Å². The fourth-order valence-electron chi connectivity index (χ4n) is 2.42. The standard InChI is InChI=1S/C9H15NO3S/c1-2-10-3-7-5-14(12,13)6-8(4-10)9(7)11/h7-8H,2-6H2,1H3. The molecule has 0 amide bonds. The first-order chi connectivity index (χ1) is 6.52. The van der Waals surface area contributed by atoms with Crippen LogP contribution >= 0.6 is 0 Å². The van der Waals surface area contributed by atoms with Gasteiger partial charge in [0, 0.05) is 24.9 Å². The number of hydrogen-bond donors (Lipinski definition) is 0. The first-order valence-electron chi connectivity index (χ1n) is 4.98. The largest absolute Gasteiger partial charge is 0.302 e. The van der Waals surface area contributed by atoms with Gasteiger partial charge in [0.1, 0.15) is 5.78 Å². The maximum absolute atomic E-state index is 11.7. The predicted octanol–water partition coefficient (Wildman–Crippen LogP) is -0.448. The van der Waals surface area contributed by atoms with Gasteiger partial charge in [0.25, 0.3) is 0 Å². The van der Waals surface area contributed by atoms with E-state index in [4.69, 9.17) is 0 Å². The molecule has 5 heteroatoms. The van der Waals surface area contributed by atoms with E-state index in [1.165, 1.54) is 0 Å². The lowest BCUT2D eigenvalue weighted by Crippen LogP contribution is -2.54. The third-order valence-electron chi connectivity index (χ3n) is 3.12. The molecule has 2 heterocycles. The number of carbonyl (C=O) groups excluding carboxylic acids is 1. The van der Waals surface area contributed by atoms with Crippen LogP contribution in [-0.4, -0.2) is 50.2 Å². The molecule has 0 aliphatic carbocycles. The lowest BCUT2D eigenvalue weighted by atomic mass is 9.89. The molecule has 2 fully saturated rings. The predicted molar refractivity (Wildman–Crippen MR) is 52.8 cm³/mol. The lowest BCUT2D eigenvalue weighted by Gasteiger charge is -2.39. The SMILES string of the molecule is CCN1CC2CS(=O)(=O)CC(C1)C2=O. The van der Waals surface area contributed by atoms with Crippen molar-refractivity contribution in [1.82, 2.24) is 4.90 Å². The third-order valence-corrected chi connectivity index (χ3v) is 4.94. The second-order valence-corrected chi connectivity index (χ2v) is 6.38. The monoisotopic (exact) mass is 217 g/mol. The molecule has 2 bridgehead atoms. The zero-order valence-corrected chi connectivity index (χ0v) is 9.09. The van der Waals surface area contributed by atoms with E-state index in [1.807, 2.05) is 6.92 Å². The maximum atomic E-state index is 11.7. The number of hydrogen-bond acceptors (Lipinski definition) is 4. The zero-order chi connectivity index (χ0) is 10.3. The molecule has 14 heavy (non-hydrogen) atoms. The van der Waals surface area contributed by atoms with Crippen molar-refractivity contribution in [1.29, 1.82) is 0 Å². The Morgan fingerprint density at radius 3 is 2.21 bits per heavy atom. The fourth-order valence-corrected chi connectivity index (χ4v) is 4.32. The summed E-state index contributed by atoms with van der Waals surface area (Å²) in [6, 6.07) is 0. The van der Waals surface area contributed by atoms with Crippen molar-refractivity contribution in [3.63, 3.8) is 0 Å². The van der Waals surface area contributed by atoms with Crippen LogP contribution in [0, 0.1) is 11.8 Å². The first kappa shape index (κ1) is 10.1. The summed E-state index contributed by atoms with van der Waals surface area (Å²) in [4.78, 5) is 13.8. The Hall–Kier alpha value is -0.420. The van der Waals surface area contributed by atoms with Gasteiger partial charge in [-0.15, -0.1) is 0 Å². The van der Waals surface area contributed by atoms with Crippen LogP contribution in [0.15, 0.2) is 0 Å². The molecule has 0 aromatic heterocycles. The van der Waals surface area contributed by atoms with E-state index in [9.17, 15) is 13.2 Å². The van der Waals surface area contributed by atoms with Gasteiger partial charge in [-0.25, -0.2) is 8.42 Å². The Morgan fingerprint density at radius 1 is 1.29 bits per heavy atom. The molecule has 0 aromatic carbocycles. The second kappa shape index (κ2) is 3.31. The number of fused-ring (bicyclic) bond motifs is 2. The highest BCUT2D eigenvalue weighted by Gasteiger charge is 2.43. The smallest absolute Gasteiger partial charge is 0.151 e. The minimum Gasteiger partial charge on any atom is -0.302 e. The van der Waals surface area contributed by atoms with Gasteiger partial charge in [-0.1, -0.05) is 6.92 Å². The van der Waals surface area contributed by atoms with Gasteiger partial charge in [0.05, 0.1) is 11.5 Å². The molecule has 0 saturated carbocycles. The summed E-state index contributed by atoms with van der Waals surface area (Å²) >= 11 is 0. The van der Waals surface area contributed by atoms with Crippen molar-refractivity contribution in [2.75, 3.05) is 31.1 Å². The second-order valence-electron chi connectivity index (χ2n) is 4.23. The van der Waals surface area contributed by atoms with E-state index in [-0.39, 0.29) is 29.1 Å². The van der Waals surface area contributed by atoms with Crippen molar-refractivity contribution in [3.05, 3.63) is 0 Å². The number of nitrogens with zero attached hydrogens (tertiary/aromatic N) is 1. The van der Waals surface area contributed by atoms with Gasteiger partial charge in [-0.05, 0) is 6.54 Å². The number of carbonyl (C=O) groups is 1. The summed E-state index contributed by atoms with van der Waals surface area (Å²) in [5.74, 6) is -0.207. The number of ketones is 1. The Morgan fingerprint density at radius 2 is 1.79 bits per heavy atom. The molecule has 0 N–H and O–H groups in total. The minimum absolute atomic E-state index is 0.0683. The van der Waals surface area contributed by atoms with Crippen LogP contribution in [-0.2, 0) is 14.6 Å². The van der Waals surface area contributed by atoms with Crippen LogP contribution in [0.2, 0.25) is 0 Å². The molecular formula is C9H15NO3S. The average molecular weight is 217 g/mol. The van der Waals surface area contributed by atoms with Crippen molar-refractivity contribution in [2.24, 2.45) is 11.8 Å². The van der Waals surface area contributed by atoms with Crippen LogP contribution in [0.5, 0.6) is 0 Å². The number of sulfone groups is 1. The summed E-state index contributed by atoms with van der Waals surface area (Å²) in [7, 11) is -2.95. The van der Waals surface area contributed by atoms with E-state index in [1.54, 1.807) is 0 Å². The van der Waals surface area contributed by atoms with E-state index < -0.39 is 9.84 Å². The lowest BCUT2D eigenvalue weighted by molar-refractivity contribution is -0.130. The summed E-state index contributed by atoms with van der Waals surface area (Å²) < 4.78 is 22.9. The highest BCUT2D eigenvalue weighted by Crippen LogP contribution is 2.26. The Bertz CT molecular complexity index is 325. The highest BCUT2D eigenvalue weighted by atomic mass is 32.2. The fraction of sp³-hybridized carbons (Fsp3) is 0.889. The van der Waals surface area contributed by atoms with Crippen molar-refractivity contribution < 1.29 is 13.2 Å². The summed E-state index contributed by atoms with van der Waals surface area (Å²) in [5, 5.41) is 0. The van der Waals surface area contributed by atoms with Crippen molar-refractivity contribution >= 4 is 15.6 Å². The van der Waals surface area contributed by atoms with Crippen molar-refractivity contribution in [3.8, 4) is 0 Å². The van der Waals surface area contributed by atoms with Crippen LogP contribution in [0.4, 0.5) is 0 Å². The Kier molecular flexibility index (Phi) is 2.39. The van der Waals surface area contributed by atoms with Gasteiger partial charge in [-0.3, -0.25) is 4.79 Å². The molecule has 80 valence electrons. The summed E-state index contributed by atoms with van der Waals surface area (Å²) in [6.45, 7) is 4.20. The molecule has 2 unspecified atom stereocenters.